The topological polar surface area (TPSA) is 714 Å². The number of carbonyl (C=O) groups excluding carboxylic acids is 3. The molecular formula is C64H105N4O54S8-7. The summed E-state index contributed by atoms with van der Waals surface area (Å²) in [5.74, 6) is -0.0735. The molecule has 0 aromatic carbocycles. The Morgan fingerprint density at radius 2 is 0.731 bits per heavy atom. The molecule has 0 saturated carbocycles. The first kappa shape index (κ1) is 113. The van der Waals surface area contributed by atoms with Gasteiger partial charge in [0.05, 0.1) is 45.1 Å². The van der Waals surface area contributed by atoms with Gasteiger partial charge in [-0.2, -0.15) is 11.8 Å². The third kappa shape index (κ3) is 33.1. The molecule has 8 fully saturated rings. The van der Waals surface area contributed by atoms with E-state index < -0.39 is 278 Å². The molecule has 0 aromatic rings. The van der Waals surface area contributed by atoms with Gasteiger partial charge in [0.15, 0.2) is 99.2 Å². The van der Waals surface area contributed by atoms with E-state index >= 15 is 0 Å². The van der Waals surface area contributed by atoms with Gasteiger partial charge in [-0.15, -0.1) is 17.3 Å². The molecule has 58 nitrogen and oxygen atoms in total. The highest BCUT2D eigenvalue weighted by atomic mass is 32.3. The third-order valence-electron chi connectivity index (χ3n) is 21.2. The lowest BCUT2D eigenvalue weighted by Gasteiger charge is -2.52. The zero-order valence-corrected chi connectivity index (χ0v) is 77.7. The summed E-state index contributed by atoms with van der Waals surface area (Å²) in [5, 5.41) is 69.6. The van der Waals surface area contributed by atoms with Crippen molar-refractivity contribution in [1.82, 2.24) is 21.3 Å². The van der Waals surface area contributed by atoms with Crippen molar-refractivity contribution in [2.24, 2.45) is 0 Å². The molecule has 4 amide bonds. The monoisotopic (exact) mass is 2050 g/mol. The molecular weight excluding hydrogens is 1950 g/mol. The minimum absolute atomic E-state index is 0.00608. The van der Waals surface area contributed by atoms with Crippen molar-refractivity contribution in [3.63, 3.8) is 0 Å². The van der Waals surface area contributed by atoms with Gasteiger partial charge in [0.25, 0.3) is 0 Å². The van der Waals surface area contributed by atoms with Crippen LogP contribution in [0, 0.1) is 0 Å². The number of urea groups is 1. The van der Waals surface area contributed by atoms with Gasteiger partial charge in [0.1, 0.15) is 134 Å². The lowest BCUT2D eigenvalue weighted by molar-refractivity contribution is -0.778. The second-order valence-electron chi connectivity index (χ2n) is 28.7. The second kappa shape index (κ2) is 57.7. The van der Waals surface area contributed by atoms with E-state index in [1.165, 1.54) is 71.1 Å². The number of thioether (sulfide) groups is 1. The predicted molar refractivity (Wildman–Crippen MR) is 408 cm³/mol. The van der Waals surface area contributed by atoms with Crippen LogP contribution in [0.2, 0.25) is 0 Å². The van der Waals surface area contributed by atoms with Crippen LogP contribution in [0.5, 0.6) is 0 Å². The molecule has 0 radical (unpaired) electrons. The van der Waals surface area contributed by atoms with Gasteiger partial charge in [0.2, 0.25) is 43.0 Å². The van der Waals surface area contributed by atoms with E-state index in [2.05, 4.69) is 67.1 Å². The van der Waals surface area contributed by atoms with Crippen molar-refractivity contribution in [1.29, 1.82) is 0 Å². The van der Waals surface area contributed by atoms with Crippen LogP contribution in [0.4, 0.5) is 4.79 Å². The number of hydrogen-bond donors (Lipinski definition) is 4. The van der Waals surface area contributed by atoms with Gasteiger partial charge in [0, 0.05) is 122 Å². The van der Waals surface area contributed by atoms with Crippen molar-refractivity contribution in [3.05, 3.63) is 0 Å². The second-order valence-corrected chi connectivity index (χ2v) is 35.0. The Morgan fingerprint density at radius 3 is 1.14 bits per heavy atom. The Hall–Kier alpha value is -1.99. The predicted octanol–water partition coefficient (Wildman–Crippen LogP) is -7.03. The Bertz CT molecular complexity index is 3610. The van der Waals surface area contributed by atoms with Crippen LogP contribution in [-0.4, -0.2) is 396 Å². The molecule has 15 unspecified atom stereocenters. The fourth-order valence-corrected chi connectivity index (χ4v) is 19.8. The average molecular weight is 2050 g/mol. The summed E-state index contributed by atoms with van der Waals surface area (Å²) in [4.78, 5) is 39.0. The van der Waals surface area contributed by atoms with Crippen molar-refractivity contribution in [2.45, 2.75) is 253 Å². The smallest absolute Gasteiger partial charge is 0.315 e. The first-order valence-electron chi connectivity index (χ1n) is 39.1. The molecule has 0 spiro atoms. The summed E-state index contributed by atoms with van der Waals surface area (Å²) in [7, 11) is -1.97. The fourth-order valence-electron chi connectivity index (χ4n) is 15.7. The Kier molecular flexibility index (Phi) is 50.3. The lowest BCUT2D eigenvalue weighted by atomic mass is 9.94. The minimum atomic E-state index is -6.28. The SMILES string of the molecule is COCC1O[C@@H](O[C@H]2C(OC)C(OC)[C@@H](O[C@H]3C(OC)C(OC)[C@@H](OC)O[C@@H]3COC)O[C@@H]2COC)C(OC)[C@@H](OC)[C@H]1O[C@@H]1OC(CNC(=O)CCCCCNC(=O)CCCCC2SCC3NC(=O)NC32)[C@H](O[C@H]2O[C@H](COS(=O)(=O)[O-])[C@@H](O[C@H]3O[C@H](COS(=O)(=O)[O-])[C@@H](OSOO[O-])C(OSOO[O-])C3OSOO[O-])C(OSOO[O-])C2OS(=O)(=O)[O-])[C@H](OC)C1OC. The number of carbonyl (C=O) groups is 3. The number of nitrogens with one attached hydrogen (secondary N) is 4. The minimum Gasteiger partial charge on any atom is -0.726 e. The molecule has 8 aliphatic heterocycles. The Balaban J connectivity index is 1.13. The molecule has 33 atom stereocenters. The first-order chi connectivity index (χ1) is 62.4. The quantitative estimate of drug-likeness (QED) is 0.00836. The molecule has 0 aromatic heterocycles. The molecule has 4 N–H and O–H groups in total. The zero-order valence-electron chi connectivity index (χ0n) is 71.2. The van der Waals surface area contributed by atoms with Crippen LogP contribution in [0.1, 0.15) is 51.4 Å². The highest BCUT2D eigenvalue weighted by Gasteiger charge is 2.62. The maximum atomic E-state index is 14.2. The molecule has 130 heavy (non-hydrogen) atoms. The number of fused-ring (bicyclic) bond motifs is 1. The zero-order chi connectivity index (χ0) is 94.8. The van der Waals surface area contributed by atoms with Gasteiger partial charge in [-0.05, 0) is 25.7 Å². The van der Waals surface area contributed by atoms with E-state index in [0.717, 1.165) is 32.8 Å². The largest absolute Gasteiger partial charge is 0.726 e. The van der Waals surface area contributed by atoms with Crippen LogP contribution in [0.25, 0.3) is 0 Å². The molecule has 8 saturated heterocycles. The maximum absolute atomic E-state index is 14.2. The summed E-state index contributed by atoms with van der Waals surface area (Å²) in [6.45, 7) is -4.16. The number of methoxy groups -OCH3 is 12. The number of hydrogen-bond acceptors (Lipinski definition) is 59. The van der Waals surface area contributed by atoms with Gasteiger partial charge in [-0.1, -0.05) is 12.8 Å². The van der Waals surface area contributed by atoms with Crippen molar-refractivity contribution in [2.75, 3.05) is 137 Å². The lowest BCUT2D eigenvalue weighted by Crippen LogP contribution is -2.69. The van der Waals surface area contributed by atoms with Crippen molar-refractivity contribution in [3.8, 4) is 0 Å². The van der Waals surface area contributed by atoms with Gasteiger partial charge >= 0.3 is 6.03 Å². The van der Waals surface area contributed by atoms with Gasteiger partial charge in [-0.25, -0.2) is 30.0 Å². The number of amides is 4. The van der Waals surface area contributed by atoms with E-state index in [9.17, 15) is 74.3 Å². The van der Waals surface area contributed by atoms with Crippen LogP contribution in [0.3, 0.4) is 0 Å². The Labute approximate surface area is 767 Å². The summed E-state index contributed by atoms with van der Waals surface area (Å²) in [6.07, 6.45) is -47.8. The van der Waals surface area contributed by atoms with Crippen LogP contribution < -0.4 is 42.3 Å². The van der Waals surface area contributed by atoms with E-state index in [1.54, 1.807) is 11.8 Å². The molecule has 0 aliphatic carbocycles. The first-order valence-corrected chi connectivity index (χ1v) is 46.8. The highest BCUT2D eigenvalue weighted by Crippen LogP contribution is 2.44. The van der Waals surface area contributed by atoms with Crippen LogP contribution >= 0.6 is 61.1 Å². The number of ether oxygens (including phenoxy) is 23. The van der Waals surface area contributed by atoms with E-state index in [0.29, 0.717) is 19.3 Å². The standard InChI is InChI=1S/C64H112N4O54S8/c1-85-23-31-41(47(89-5)52(92-8)58(96-12)100-31)107-60-55(95-11)49(91-7)43(33(102-60)25-87-3)108-61-54(94-10)48(90-6)42(32(101-61)24-86-2)106-59-53(93-9)46(88-4)40(30(99-59)22-66-38(70)19-14-13-17-21-65-37(69)20-16-15-18-36-39-29(28-123-36)67-64(71)68-39)105-63-57(114-130(82,83)84)50(111-125-120-116-73)44(34(103-63)26-97-128(76,77)78)109-62-56(113-127-122-118-75)51(112-126-121-117-74)45(110-124-119-115-72)35(104-62)27-98-129(79,80)81/h29-36,39-63,72-75H,13-28H2,1-12H3,(H,65,69)(H,66,70)(H2,67,68,71)(H,76,77,78)(H,79,80,81)(H,82,83,84)/p-7/t29?,30?,31-,32?,33-,34-,35-,36?,39?,40+,41-,42+,43-,44-,45-,46+,47?,48+,49?,50?,51?,52?,53?,54?,55?,56?,57?,58+,59+,60-,61+,62-,63-/m1/s1. The van der Waals surface area contributed by atoms with Gasteiger partial charge < -0.3 is 165 Å². The summed E-state index contributed by atoms with van der Waals surface area (Å²) in [5.41, 5.74) is 0. The van der Waals surface area contributed by atoms with Gasteiger partial charge in [-0.3, -0.25) is 59.0 Å². The normalized spacial score (nSPS) is 36.2. The van der Waals surface area contributed by atoms with Crippen molar-refractivity contribution >= 4 is 110 Å². The summed E-state index contributed by atoms with van der Waals surface area (Å²) in [6, 6.07) is -0.127. The molecule has 8 rings (SSSR count). The summed E-state index contributed by atoms with van der Waals surface area (Å²) >= 11 is 0.0200. The average Bonchev–Trinajstić information content (AvgIpc) is 1.02. The summed E-state index contributed by atoms with van der Waals surface area (Å²) < 4.78 is 309. The van der Waals surface area contributed by atoms with E-state index in [-0.39, 0.29) is 87.2 Å². The van der Waals surface area contributed by atoms with E-state index in [4.69, 9.17) is 130 Å². The third-order valence-corrected chi connectivity index (χ3v) is 25.7. The highest BCUT2D eigenvalue weighted by molar-refractivity contribution is 8.00. The van der Waals surface area contributed by atoms with Crippen LogP contribution in [0.15, 0.2) is 0 Å². The molecule has 0 bridgehead atoms. The fraction of sp³-hybridized carbons (Fsp3) is 0.953. The maximum Gasteiger partial charge on any atom is 0.315 e. The number of rotatable bonds is 62. The van der Waals surface area contributed by atoms with E-state index in [1.807, 2.05) is 0 Å². The molecule has 66 heteroatoms. The van der Waals surface area contributed by atoms with Crippen molar-refractivity contribution < 1.29 is 250 Å². The van der Waals surface area contributed by atoms with Crippen LogP contribution in [-0.2, 0) is 217 Å². The Morgan fingerprint density at radius 1 is 0.385 bits per heavy atom. The molecule has 8 heterocycles. The number of unbranched alkanes of at least 4 members (excludes halogenated alkanes) is 3. The molecule has 8 aliphatic rings. The molecule has 760 valence electrons.